The normalized spacial score (nSPS) is 31.4. The number of amides is 1. The Bertz CT molecular complexity index is 1160. The molecule has 3 aliphatic rings. The number of carbonyl (C=O) groups excluding carboxylic acids is 1. The molecule has 1 unspecified atom stereocenters. The van der Waals surface area contributed by atoms with Crippen molar-refractivity contribution in [3.63, 3.8) is 0 Å². The number of phenols is 1. The highest BCUT2D eigenvalue weighted by Gasteiger charge is 2.69. The summed E-state index contributed by atoms with van der Waals surface area (Å²) in [6.45, 7) is 2.93. The molecule has 1 amide bonds. The first-order valence-electron chi connectivity index (χ1n) is 10.8. The van der Waals surface area contributed by atoms with E-state index in [1.165, 1.54) is 4.90 Å². The van der Waals surface area contributed by atoms with Crippen LogP contribution in [0.4, 0.5) is 0 Å². The number of likely N-dealkylation sites (N-methyl/N-ethyl adjacent to an activating group) is 1. The zero-order chi connectivity index (χ0) is 22.3. The average molecular weight is 424 g/mol. The molecule has 2 aliphatic carbocycles. The Kier molecular flexibility index (Phi) is 4.21. The number of hydrogen-bond donors (Lipinski definition) is 3. The molecule has 5 rings (SSSR count). The van der Waals surface area contributed by atoms with Crippen LogP contribution in [0.1, 0.15) is 39.2 Å². The monoisotopic (exact) mass is 423 g/mol. The third-order valence-corrected chi connectivity index (χ3v) is 7.90. The van der Waals surface area contributed by atoms with E-state index in [1.54, 1.807) is 32.3 Å². The van der Waals surface area contributed by atoms with Gasteiger partial charge in [0.1, 0.15) is 11.3 Å². The van der Waals surface area contributed by atoms with Gasteiger partial charge in [0.2, 0.25) is 0 Å². The second-order valence-corrected chi connectivity index (χ2v) is 9.92. The van der Waals surface area contributed by atoms with Crippen molar-refractivity contribution >= 4 is 5.91 Å². The van der Waals surface area contributed by atoms with Crippen LogP contribution in [-0.4, -0.2) is 70.2 Å². The van der Waals surface area contributed by atoms with Crippen LogP contribution in [0.15, 0.2) is 29.1 Å². The molecule has 7 nitrogen and oxygen atoms in total. The number of nitrogens with zero attached hydrogens (tertiary/aromatic N) is 2. The minimum absolute atomic E-state index is 0.00215. The standard InChI is InChI=1S/C24H29N3O4/c1-13-5-6-16(28)8-18(13)23-9-15-12-27(4)20(15)24(23,31)10-14-7-17(22(30)26(2)3)21(29)25-19(14)11-23/h5-8,15,20,28,31H,9-12H2,1-4H3,(H,25,29)/t15?,20-,23-,24-/m1/s1. The summed E-state index contributed by atoms with van der Waals surface area (Å²) in [4.78, 5) is 31.8. The SMILES string of the molecule is Cc1ccc(O)cc1[C@@]12Cc3[nH]c(=O)c(C(=O)N(C)C)cc3C[C@@]1(O)[C@H]1C(CN1C)C2. The highest BCUT2D eigenvalue weighted by molar-refractivity contribution is 5.93. The molecule has 2 fully saturated rings. The zero-order valence-electron chi connectivity index (χ0n) is 18.4. The van der Waals surface area contributed by atoms with Crippen molar-refractivity contribution in [1.82, 2.24) is 14.8 Å². The van der Waals surface area contributed by atoms with Gasteiger partial charge in [-0.2, -0.15) is 0 Å². The number of likely N-dealkylation sites (tertiary alicyclic amines) is 1. The molecule has 2 aromatic rings. The van der Waals surface area contributed by atoms with Gasteiger partial charge in [0.15, 0.2) is 0 Å². The number of phenolic OH excluding ortho intramolecular Hbond substituents is 1. The van der Waals surface area contributed by atoms with E-state index in [9.17, 15) is 19.8 Å². The quantitative estimate of drug-likeness (QED) is 0.674. The van der Waals surface area contributed by atoms with Crippen molar-refractivity contribution in [2.45, 2.75) is 43.2 Å². The Morgan fingerprint density at radius 3 is 2.68 bits per heavy atom. The molecule has 1 saturated heterocycles. The van der Waals surface area contributed by atoms with Crippen LogP contribution in [0.5, 0.6) is 5.75 Å². The lowest BCUT2D eigenvalue weighted by Crippen LogP contribution is -2.67. The Hall–Kier alpha value is -2.64. The highest BCUT2D eigenvalue weighted by Crippen LogP contribution is 2.61. The molecule has 164 valence electrons. The van der Waals surface area contributed by atoms with Crippen molar-refractivity contribution in [2.75, 3.05) is 27.7 Å². The number of nitrogens with one attached hydrogen (secondary N) is 1. The van der Waals surface area contributed by atoms with Crippen LogP contribution in [0.3, 0.4) is 0 Å². The summed E-state index contributed by atoms with van der Waals surface area (Å²) in [6.07, 6.45) is 1.62. The first-order chi connectivity index (χ1) is 14.6. The predicted molar refractivity (Wildman–Crippen MR) is 116 cm³/mol. The second-order valence-electron chi connectivity index (χ2n) is 9.92. The number of aliphatic hydroxyl groups is 1. The maximum Gasteiger partial charge on any atom is 0.261 e. The summed E-state index contributed by atoms with van der Waals surface area (Å²) >= 11 is 0. The molecule has 1 aromatic carbocycles. The molecule has 4 atom stereocenters. The lowest BCUT2D eigenvalue weighted by Gasteiger charge is -2.53. The number of aromatic hydroxyl groups is 1. The molecule has 0 radical (unpaired) electrons. The number of hydrogen-bond acceptors (Lipinski definition) is 5. The largest absolute Gasteiger partial charge is 0.508 e. The lowest BCUT2D eigenvalue weighted by molar-refractivity contribution is -0.108. The van der Waals surface area contributed by atoms with Crippen molar-refractivity contribution in [3.8, 4) is 5.75 Å². The smallest absolute Gasteiger partial charge is 0.261 e. The number of aryl methyl sites for hydroxylation is 1. The van der Waals surface area contributed by atoms with Crippen LogP contribution in [0.25, 0.3) is 0 Å². The highest BCUT2D eigenvalue weighted by atomic mass is 16.3. The molecule has 31 heavy (non-hydrogen) atoms. The van der Waals surface area contributed by atoms with Gasteiger partial charge in [-0.3, -0.25) is 14.5 Å². The minimum atomic E-state index is -1.06. The van der Waals surface area contributed by atoms with Gasteiger partial charge in [-0.25, -0.2) is 0 Å². The molecule has 1 aromatic heterocycles. The number of carbonyl (C=O) groups is 1. The number of H-pyrrole nitrogens is 1. The first-order valence-corrected chi connectivity index (χ1v) is 10.8. The van der Waals surface area contributed by atoms with E-state index in [0.717, 1.165) is 35.3 Å². The molecule has 2 heterocycles. The Labute approximate surface area is 181 Å². The third kappa shape index (κ3) is 2.59. The van der Waals surface area contributed by atoms with Gasteiger partial charge >= 0.3 is 0 Å². The van der Waals surface area contributed by atoms with E-state index in [1.807, 2.05) is 20.0 Å². The van der Waals surface area contributed by atoms with Crippen LogP contribution in [0, 0.1) is 12.8 Å². The molecule has 7 heteroatoms. The summed E-state index contributed by atoms with van der Waals surface area (Å²) in [5.74, 6) is 0.179. The van der Waals surface area contributed by atoms with Gasteiger partial charge in [0, 0.05) is 50.6 Å². The fraction of sp³-hybridized carbons (Fsp3) is 0.500. The fourth-order valence-electron chi connectivity index (χ4n) is 6.63. The van der Waals surface area contributed by atoms with E-state index in [2.05, 4.69) is 9.88 Å². The van der Waals surface area contributed by atoms with E-state index in [0.29, 0.717) is 18.8 Å². The number of fused-ring (bicyclic) bond motifs is 4. The van der Waals surface area contributed by atoms with Gasteiger partial charge in [-0.15, -0.1) is 0 Å². The summed E-state index contributed by atoms with van der Waals surface area (Å²) in [6, 6.07) is 7.00. The Morgan fingerprint density at radius 1 is 1.26 bits per heavy atom. The number of rotatable bonds is 2. The predicted octanol–water partition coefficient (Wildman–Crippen LogP) is 1.19. The first kappa shape index (κ1) is 20.3. The van der Waals surface area contributed by atoms with Crippen molar-refractivity contribution in [3.05, 3.63) is 62.6 Å². The summed E-state index contributed by atoms with van der Waals surface area (Å²) in [7, 11) is 5.28. The van der Waals surface area contributed by atoms with Gasteiger partial charge in [0.05, 0.1) is 5.60 Å². The molecule has 0 spiro atoms. The summed E-state index contributed by atoms with van der Waals surface area (Å²) in [5.41, 5.74) is 1.58. The fourth-order valence-corrected chi connectivity index (χ4v) is 6.63. The van der Waals surface area contributed by atoms with Gasteiger partial charge < -0.3 is 20.1 Å². The number of benzene rings is 1. The van der Waals surface area contributed by atoms with Gasteiger partial charge in [-0.05, 0) is 61.2 Å². The summed E-state index contributed by atoms with van der Waals surface area (Å²) in [5, 5.41) is 22.6. The van der Waals surface area contributed by atoms with E-state index < -0.39 is 16.6 Å². The number of aromatic nitrogens is 1. The topological polar surface area (TPSA) is 96.9 Å². The Morgan fingerprint density at radius 2 is 2.00 bits per heavy atom. The van der Waals surface area contributed by atoms with Crippen molar-refractivity contribution < 1.29 is 15.0 Å². The number of pyridine rings is 1. The van der Waals surface area contributed by atoms with E-state index in [-0.39, 0.29) is 23.3 Å². The van der Waals surface area contributed by atoms with Crippen molar-refractivity contribution in [2.24, 2.45) is 5.92 Å². The zero-order valence-corrected chi connectivity index (χ0v) is 18.4. The molecule has 1 aliphatic heterocycles. The van der Waals surface area contributed by atoms with Crippen LogP contribution in [0.2, 0.25) is 0 Å². The van der Waals surface area contributed by atoms with Crippen LogP contribution < -0.4 is 5.56 Å². The minimum Gasteiger partial charge on any atom is -0.508 e. The maximum atomic E-state index is 12.8. The van der Waals surface area contributed by atoms with Crippen LogP contribution >= 0.6 is 0 Å². The number of aromatic amines is 1. The molecule has 0 bridgehead atoms. The van der Waals surface area contributed by atoms with Gasteiger partial charge in [0.25, 0.3) is 11.5 Å². The molecular weight excluding hydrogens is 394 g/mol. The van der Waals surface area contributed by atoms with Crippen molar-refractivity contribution in [1.29, 1.82) is 0 Å². The average Bonchev–Trinajstić information content (AvgIpc) is 2.89. The Balaban J connectivity index is 1.71. The van der Waals surface area contributed by atoms with E-state index in [4.69, 9.17) is 0 Å². The van der Waals surface area contributed by atoms with Gasteiger partial charge in [-0.1, -0.05) is 6.07 Å². The maximum absolute atomic E-state index is 12.8. The summed E-state index contributed by atoms with van der Waals surface area (Å²) < 4.78 is 0. The van der Waals surface area contributed by atoms with E-state index >= 15 is 0 Å². The third-order valence-electron chi connectivity index (χ3n) is 7.90. The molecule has 1 saturated carbocycles. The lowest BCUT2D eigenvalue weighted by atomic mass is 9.59. The molecular formula is C24H29N3O4. The molecule has 3 N–H and O–H groups in total. The van der Waals surface area contributed by atoms with Crippen LogP contribution in [-0.2, 0) is 18.3 Å². The second kappa shape index (κ2) is 6.43.